The second-order valence-corrected chi connectivity index (χ2v) is 17.9. The molecule has 1 unspecified atom stereocenters. The molecule has 3 aliphatic rings. The van der Waals surface area contributed by atoms with Crippen molar-refractivity contribution in [1.29, 1.82) is 0 Å². The van der Waals surface area contributed by atoms with Crippen LogP contribution in [-0.2, 0) is 41.8 Å². The zero-order valence-corrected chi connectivity index (χ0v) is 41.1. The first-order chi connectivity index (χ1) is 34.0. The molecule has 3 atom stereocenters. The van der Waals surface area contributed by atoms with Crippen molar-refractivity contribution in [3.05, 3.63) is 129 Å². The number of rotatable bonds is 15. The number of aliphatic hydroxyl groups is 1. The van der Waals surface area contributed by atoms with Crippen LogP contribution in [0.1, 0.15) is 42.0 Å². The molecule has 378 valence electrons. The summed E-state index contributed by atoms with van der Waals surface area (Å²) in [5, 5.41) is 16.0. The van der Waals surface area contributed by atoms with Crippen LogP contribution in [0.3, 0.4) is 0 Å². The molecule has 20 heteroatoms. The van der Waals surface area contributed by atoms with Crippen LogP contribution in [0.4, 0.5) is 20.2 Å². The summed E-state index contributed by atoms with van der Waals surface area (Å²) < 4.78 is 42.1. The van der Waals surface area contributed by atoms with E-state index >= 15 is 0 Å². The van der Waals surface area contributed by atoms with Gasteiger partial charge in [0.05, 0.1) is 43.0 Å². The van der Waals surface area contributed by atoms with Crippen molar-refractivity contribution in [2.45, 2.75) is 51.0 Å². The molecule has 3 fully saturated rings. The van der Waals surface area contributed by atoms with Crippen molar-refractivity contribution in [3.8, 4) is 11.5 Å². The third-order valence-electron chi connectivity index (χ3n) is 12.1. The van der Waals surface area contributed by atoms with Gasteiger partial charge in [-0.2, -0.15) is 0 Å². The van der Waals surface area contributed by atoms with Gasteiger partial charge in [0.1, 0.15) is 35.8 Å². The lowest BCUT2D eigenvalue weighted by molar-refractivity contribution is -0.147. The number of hydrogen-bond acceptors (Lipinski definition) is 12. The molecule has 0 spiro atoms. The van der Waals surface area contributed by atoms with E-state index in [0.29, 0.717) is 97.8 Å². The lowest BCUT2D eigenvalue weighted by Crippen LogP contribution is -2.56. The maximum atomic E-state index is 13.2. The molecule has 5 N–H and O–H groups in total. The molecular weight excluding hydrogens is 964 g/mol. The highest BCUT2D eigenvalue weighted by Gasteiger charge is 2.32. The van der Waals surface area contributed by atoms with E-state index in [1.807, 2.05) is 0 Å². The molecule has 0 radical (unpaired) electrons. The average molecular weight is 1020 g/mol. The van der Waals surface area contributed by atoms with E-state index < -0.39 is 18.1 Å². The van der Waals surface area contributed by atoms with E-state index in [4.69, 9.17) is 43.1 Å². The number of hydrogen-bond donors (Lipinski definition) is 4. The van der Waals surface area contributed by atoms with E-state index in [1.165, 1.54) is 63.6 Å². The number of carbonyl (C=O) groups is 5. The van der Waals surface area contributed by atoms with Gasteiger partial charge in [-0.05, 0) is 78.2 Å². The maximum absolute atomic E-state index is 13.2. The molecule has 3 saturated heterocycles. The van der Waals surface area contributed by atoms with E-state index in [0.717, 1.165) is 11.1 Å². The number of ether oxygens (including phenoxy) is 3. The number of nitrogen functional groups attached to an aromatic ring is 1. The Kier molecular flexibility index (Phi) is 19.3. The van der Waals surface area contributed by atoms with Crippen LogP contribution in [0.5, 0.6) is 11.5 Å². The second-order valence-electron chi connectivity index (χ2n) is 17.1. The summed E-state index contributed by atoms with van der Waals surface area (Å²) in [6.45, 7) is 5.48. The Morgan fingerprint density at radius 2 is 1.28 bits per heavy atom. The van der Waals surface area contributed by atoms with Crippen LogP contribution in [0.25, 0.3) is 12.2 Å². The number of anilines is 2. The fourth-order valence-corrected chi connectivity index (χ4v) is 8.81. The largest absolute Gasteiger partial charge is 0.495 e. The smallest absolute Gasteiger partial charge is 0.302 e. The first-order valence-electron chi connectivity index (χ1n) is 22.8. The summed E-state index contributed by atoms with van der Waals surface area (Å²) in [5.41, 5.74) is 9.82. The number of amides is 4. The predicted octanol–water partition coefficient (Wildman–Crippen LogP) is 5.78. The number of benzene rings is 4. The number of halogens is 4. The van der Waals surface area contributed by atoms with Crippen LogP contribution in [-0.4, -0.2) is 139 Å². The Hall–Kier alpha value is -6.57. The van der Waals surface area contributed by atoms with Crippen molar-refractivity contribution < 1.29 is 52.1 Å². The highest BCUT2D eigenvalue weighted by Crippen LogP contribution is 2.33. The first kappa shape index (κ1) is 53.8. The summed E-state index contributed by atoms with van der Waals surface area (Å²) in [7, 11) is 2.96. The molecule has 16 nitrogen and oxygen atoms in total. The van der Waals surface area contributed by atoms with Gasteiger partial charge >= 0.3 is 5.97 Å². The number of nitrogens with zero attached hydrogens (tertiary/aromatic N) is 4. The van der Waals surface area contributed by atoms with E-state index in [1.54, 1.807) is 64.4 Å². The van der Waals surface area contributed by atoms with Gasteiger partial charge in [0, 0.05) is 100 Å². The van der Waals surface area contributed by atoms with Gasteiger partial charge in [0.15, 0.2) is 0 Å². The van der Waals surface area contributed by atoms with Crippen LogP contribution < -0.4 is 25.8 Å². The molecule has 0 saturated carbocycles. The number of nitrogens with two attached hydrogens (primary N) is 1. The molecule has 0 aromatic heterocycles. The molecule has 0 aliphatic carbocycles. The summed E-state index contributed by atoms with van der Waals surface area (Å²) in [5.74, 6) is -1.23. The van der Waals surface area contributed by atoms with Crippen LogP contribution in [0.2, 0.25) is 10.0 Å². The van der Waals surface area contributed by atoms with Crippen molar-refractivity contribution in [2.75, 3.05) is 77.8 Å². The number of nitrogens with one attached hydrogen (secondary N) is 2. The lowest BCUT2D eigenvalue weighted by atomic mass is 10.1. The van der Waals surface area contributed by atoms with Gasteiger partial charge in [-0.15, -0.1) is 0 Å². The zero-order valence-electron chi connectivity index (χ0n) is 39.5. The molecule has 3 aliphatic heterocycles. The van der Waals surface area contributed by atoms with Crippen molar-refractivity contribution in [1.82, 2.24) is 24.9 Å². The topological polar surface area (TPSA) is 196 Å². The van der Waals surface area contributed by atoms with E-state index in [-0.39, 0.29) is 66.0 Å². The molecule has 4 aromatic carbocycles. The summed E-state index contributed by atoms with van der Waals surface area (Å²) in [6, 6.07) is 17.6. The number of methoxy groups -OCH3 is 2. The highest BCUT2D eigenvalue weighted by atomic mass is 35.5. The molecule has 4 aromatic rings. The number of esters is 1. The Labute approximate surface area is 420 Å². The highest BCUT2D eigenvalue weighted by molar-refractivity contribution is 6.33. The maximum Gasteiger partial charge on any atom is 0.302 e. The fraction of sp³-hybridized carbons (Fsp3) is 0.353. The molecule has 7 rings (SSSR count). The molecule has 71 heavy (non-hydrogen) atoms. The standard InChI is InChI=1S/C27H30ClFN4O5.C24H27ClFN3O4/c1-38-24-12-18(23(13-21(24)28)31-27(37)22-7-8-25(35)30-22)4-9-26(36)33-11-10-32(15-20(33)16-34)14-17-2-5-19(29)6-3-17;1-16(30)33-15-20-14-28(13-17-3-6-19(26)7-4-17)9-10-29(20)24(31)8-5-18-11-23(32-2)21(25)12-22(18)27/h2-6,9,12-13,20,22,34H,7-8,10-11,14-16H2,1H3,(H,30,35)(H,31,37);3-8,11-12,20H,9-10,13-15,27H2,1-2H3/b9-4+;8-5+/t20-,22?;20-/m00/s1. The number of piperazine rings is 2. The van der Waals surface area contributed by atoms with Crippen molar-refractivity contribution in [2.24, 2.45) is 0 Å². The van der Waals surface area contributed by atoms with E-state index in [9.17, 15) is 37.9 Å². The minimum absolute atomic E-state index is 0.0890. The third kappa shape index (κ3) is 15.2. The Bertz CT molecular complexity index is 2600. The van der Waals surface area contributed by atoms with E-state index in [2.05, 4.69) is 20.4 Å². The molecular formula is C51H57Cl2F2N7O9. The minimum Gasteiger partial charge on any atom is -0.495 e. The quantitative estimate of drug-likeness (QED) is 0.0638. The fourth-order valence-electron chi connectivity index (χ4n) is 8.32. The average Bonchev–Trinajstić information content (AvgIpc) is 3.80. The third-order valence-corrected chi connectivity index (χ3v) is 12.7. The van der Waals surface area contributed by atoms with Gasteiger partial charge in [-0.1, -0.05) is 47.5 Å². The van der Waals surface area contributed by atoms with Gasteiger partial charge in [-0.3, -0.25) is 33.8 Å². The number of aliphatic hydroxyl groups excluding tert-OH is 1. The molecule has 3 heterocycles. The van der Waals surface area contributed by atoms with Crippen LogP contribution in [0.15, 0.2) is 84.9 Å². The Morgan fingerprint density at radius 3 is 1.79 bits per heavy atom. The summed E-state index contributed by atoms with van der Waals surface area (Å²) in [6.07, 6.45) is 6.68. The second kappa shape index (κ2) is 25.5. The normalized spacial score (nSPS) is 18.5. The molecule has 4 amide bonds. The zero-order chi connectivity index (χ0) is 51.2. The Balaban J connectivity index is 0.000000235. The van der Waals surface area contributed by atoms with Crippen molar-refractivity contribution >= 4 is 76.3 Å². The Morgan fingerprint density at radius 1 is 0.775 bits per heavy atom. The summed E-state index contributed by atoms with van der Waals surface area (Å²) >= 11 is 12.3. The first-order valence-corrected chi connectivity index (χ1v) is 23.6. The van der Waals surface area contributed by atoms with Crippen LogP contribution in [0, 0.1) is 11.6 Å². The van der Waals surface area contributed by atoms with Crippen LogP contribution >= 0.6 is 23.2 Å². The molecule has 0 bridgehead atoms. The number of carbonyl (C=O) groups excluding carboxylic acids is 5. The van der Waals surface area contributed by atoms with Gasteiger partial charge in [0.25, 0.3) is 0 Å². The van der Waals surface area contributed by atoms with Gasteiger partial charge in [0.2, 0.25) is 23.6 Å². The SMILES string of the molecule is COc1cc(/C=C/C(=O)N2CCN(Cc3ccc(F)cc3)C[C@H]2CO)c(NC(=O)C2CCC(=O)N2)cc1Cl.COc1cc(/C=C/C(=O)N2CCN(Cc3ccc(F)cc3)C[C@H]2COC(C)=O)c(N)cc1Cl. The lowest BCUT2D eigenvalue weighted by Gasteiger charge is -2.40. The predicted molar refractivity (Wildman–Crippen MR) is 266 cm³/mol. The minimum atomic E-state index is -0.640. The van der Waals surface area contributed by atoms with Gasteiger partial charge < -0.3 is 45.5 Å². The monoisotopic (exact) mass is 1020 g/mol. The summed E-state index contributed by atoms with van der Waals surface area (Å²) in [4.78, 5) is 69.2. The van der Waals surface area contributed by atoms with Crippen molar-refractivity contribution in [3.63, 3.8) is 0 Å². The van der Waals surface area contributed by atoms with Gasteiger partial charge in [-0.25, -0.2) is 8.78 Å².